The van der Waals surface area contributed by atoms with Crippen LogP contribution in [0, 0.1) is 0 Å². The predicted octanol–water partition coefficient (Wildman–Crippen LogP) is 1.52. The van der Waals surface area contributed by atoms with Crippen molar-refractivity contribution in [3.05, 3.63) is 36.0 Å². The lowest BCUT2D eigenvalue weighted by Crippen LogP contribution is -2.35. The smallest absolute Gasteiger partial charge is 0.220 e. The van der Waals surface area contributed by atoms with E-state index in [1.54, 1.807) is 7.11 Å². The maximum atomic E-state index is 12.2. The average Bonchev–Trinajstić information content (AvgIpc) is 3.11. The van der Waals surface area contributed by atoms with E-state index in [1.807, 2.05) is 12.1 Å². The molecule has 0 saturated carbocycles. The highest BCUT2D eigenvalue weighted by Gasteiger charge is 2.28. The summed E-state index contributed by atoms with van der Waals surface area (Å²) in [6.45, 7) is 1.40. The van der Waals surface area contributed by atoms with Crippen LogP contribution < -0.4 is 5.32 Å². The number of nitrogens with one attached hydrogen (secondary N) is 1. The minimum absolute atomic E-state index is 0.0645. The van der Waals surface area contributed by atoms with E-state index in [4.69, 9.17) is 4.74 Å². The van der Waals surface area contributed by atoms with Gasteiger partial charge in [-0.15, -0.1) is 0 Å². The minimum Gasteiger partial charge on any atom is -0.383 e. The molecule has 25 heavy (non-hydrogen) atoms. The van der Waals surface area contributed by atoms with E-state index in [9.17, 15) is 13.2 Å². The maximum Gasteiger partial charge on any atom is 0.220 e. The normalized spacial score (nSPS) is 19.3. The van der Waals surface area contributed by atoms with Gasteiger partial charge < -0.3 is 14.6 Å². The number of fused-ring (bicyclic) bond motifs is 1. The summed E-state index contributed by atoms with van der Waals surface area (Å²) in [4.78, 5) is 12.2. The van der Waals surface area contributed by atoms with E-state index in [0.717, 1.165) is 23.0 Å². The second-order valence-corrected chi connectivity index (χ2v) is 8.75. The molecule has 2 aromatic rings. The molecule has 1 aromatic carbocycles. The summed E-state index contributed by atoms with van der Waals surface area (Å²) in [5, 5.41) is 4.00. The van der Waals surface area contributed by atoms with Gasteiger partial charge in [0.25, 0.3) is 0 Å². The number of sulfone groups is 1. The fourth-order valence-electron chi connectivity index (χ4n) is 3.35. The molecule has 1 aromatic heterocycles. The summed E-state index contributed by atoms with van der Waals surface area (Å²) in [5.41, 5.74) is 2.26. The second-order valence-electron chi connectivity index (χ2n) is 6.53. The Morgan fingerprint density at radius 1 is 1.36 bits per heavy atom. The van der Waals surface area contributed by atoms with Crippen molar-refractivity contribution in [3.63, 3.8) is 0 Å². The Hall–Kier alpha value is -1.86. The molecule has 1 N–H and O–H groups in total. The first kappa shape index (κ1) is 17.9. The van der Waals surface area contributed by atoms with E-state index < -0.39 is 9.84 Å². The number of hydrogen-bond acceptors (Lipinski definition) is 4. The van der Waals surface area contributed by atoms with Crippen molar-refractivity contribution in [1.82, 2.24) is 9.88 Å². The molecule has 2 heterocycles. The zero-order valence-corrected chi connectivity index (χ0v) is 15.2. The Kier molecular flexibility index (Phi) is 5.44. The van der Waals surface area contributed by atoms with E-state index in [0.29, 0.717) is 25.9 Å². The molecule has 0 aliphatic carbocycles. The van der Waals surface area contributed by atoms with Crippen LogP contribution in [0.25, 0.3) is 10.9 Å². The van der Waals surface area contributed by atoms with Gasteiger partial charge >= 0.3 is 0 Å². The van der Waals surface area contributed by atoms with Gasteiger partial charge in [-0.2, -0.15) is 0 Å². The Bertz CT molecular complexity index is 857. The third kappa shape index (κ3) is 4.41. The summed E-state index contributed by atoms with van der Waals surface area (Å²) < 4.78 is 30.3. The molecule has 1 amide bonds. The predicted molar refractivity (Wildman–Crippen MR) is 97.3 cm³/mol. The van der Waals surface area contributed by atoms with Gasteiger partial charge in [0.2, 0.25) is 5.91 Å². The van der Waals surface area contributed by atoms with Crippen molar-refractivity contribution in [2.24, 2.45) is 0 Å². The topological polar surface area (TPSA) is 77.4 Å². The zero-order valence-electron chi connectivity index (χ0n) is 14.4. The minimum atomic E-state index is -2.97. The van der Waals surface area contributed by atoms with Crippen LogP contribution in [0.15, 0.2) is 30.5 Å². The molecule has 7 heteroatoms. The SMILES string of the molecule is COCCn1cc(CCC(=O)NC2CCS(=O)(=O)C2)c2ccccc21. The average molecular weight is 364 g/mol. The van der Waals surface area contributed by atoms with Crippen LogP contribution in [0.1, 0.15) is 18.4 Å². The van der Waals surface area contributed by atoms with Gasteiger partial charge in [0, 0.05) is 43.2 Å². The van der Waals surface area contributed by atoms with E-state index in [1.165, 1.54) is 0 Å². The number of aromatic nitrogens is 1. The van der Waals surface area contributed by atoms with Crippen LogP contribution in [0.3, 0.4) is 0 Å². The molecule has 0 spiro atoms. The van der Waals surface area contributed by atoms with E-state index >= 15 is 0 Å². The Labute approximate surface area is 148 Å². The van der Waals surface area contributed by atoms with Crippen LogP contribution in [-0.4, -0.2) is 50.2 Å². The van der Waals surface area contributed by atoms with Gasteiger partial charge in [-0.05, 0) is 24.5 Å². The van der Waals surface area contributed by atoms with Gasteiger partial charge in [0.1, 0.15) is 0 Å². The number of hydrogen-bond donors (Lipinski definition) is 1. The van der Waals surface area contributed by atoms with Crippen molar-refractivity contribution >= 4 is 26.6 Å². The number of carbonyl (C=O) groups excluding carboxylic acids is 1. The molecular formula is C18H24N2O4S. The molecule has 1 aliphatic rings. The fraction of sp³-hybridized carbons (Fsp3) is 0.500. The Balaban J connectivity index is 1.64. The number of amides is 1. The molecule has 0 bridgehead atoms. The number of para-hydroxylation sites is 1. The molecule has 1 unspecified atom stereocenters. The largest absolute Gasteiger partial charge is 0.383 e. The molecule has 1 saturated heterocycles. The highest BCUT2D eigenvalue weighted by atomic mass is 32.2. The molecule has 0 radical (unpaired) electrons. The maximum absolute atomic E-state index is 12.2. The Morgan fingerprint density at radius 3 is 2.88 bits per heavy atom. The van der Waals surface area contributed by atoms with Gasteiger partial charge in [0.15, 0.2) is 9.84 Å². The first-order chi connectivity index (χ1) is 12.0. The van der Waals surface area contributed by atoms with E-state index in [2.05, 4.69) is 28.2 Å². The van der Waals surface area contributed by atoms with Crippen LogP contribution in [0.4, 0.5) is 0 Å². The highest BCUT2D eigenvalue weighted by Crippen LogP contribution is 2.22. The van der Waals surface area contributed by atoms with Gasteiger partial charge in [-0.25, -0.2) is 8.42 Å². The van der Waals surface area contributed by atoms with Crippen molar-refractivity contribution in [3.8, 4) is 0 Å². The molecule has 1 aliphatic heterocycles. The number of nitrogens with zero attached hydrogens (tertiary/aromatic N) is 1. The van der Waals surface area contributed by atoms with Crippen LogP contribution >= 0.6 is 0 Å². The highest BCUT2D eigenvalue weighted by molar-refractivity contribution is 7.91. The lowest BCUT2D eigenvalue weighted by molar-refractivity contribution is -0.121. The Morgan fingerprint density at radius 2 is 2.16 bits per heavy atom. The monoisotopic (exact) mass is 364 g/mol. The zero-order chi connectivity index (χ0) is 17.9. The van der Waals surface area contributed by atoms with Crippen molar-refractivity contribution in [2.45, 2.75) is 31.8 Å². The summed E-state index contributed by atoms with van der Waals surface area (Å²) in [6.07, 6.45) is 3.59. The number of ether oxygens (including phenoxy) is 1. The molecule has 3 rings (SSSR count). The van der Waals surface area contributed by atoms with Crippen molar-refractivity contribution in [2.75, 3.05) is 25.2 Å². The second kappa shape index (κ2) is 7.58. The third-order valence-electron chi connectivity index (χ3n) is 4.63. The van der Waals surface area contributed by atoms with Gasteiger partial charge in [-0.3, -0.25) is 4.79 Å². The summed E-state index contributed by atoms with van der Waals surface area (Å²) in [5.74, 6) is 0.149. The first-order valence-corrected chi connectivity index (χ1v) is 10.4. The number of carbonyl (C=O) groups is 1. The summed E-state index contributed by atoms with van der Waals surface area (Å²) >= 11 is 0. The van der Waals surface area contributed by atoms with Crippen LogP contribution in [0.2, 0.25) is 0 Å². The third-order valence-corrected chi connectivity index (χ3v) is 6.39. The molecule has 136 valence electrons. The standard InChI is InChI=1S/C18H24N2O4S/c1-24-10-9-20-12-14(16-4-2-3-5-17(16)20)6-7-18(21)19-15-8-11-25(22,23)13-15/h2-5,12,15H,6-11,13H2,1H3,(H,19,21). The van der Waals surface area contributed by atoms with Crippen LogP contribution in [-0.2, 0) is 32.3 Å². The summed E-state index contributed by atoms with van der Waals surface area (Å²) in [7, 11) is -1.29. The lowest BCUT2D eigenvalue weighted by Gasteiger charge is -2.10. The van der Waals surface area contributed by atoms with E-state index in [-0.39, 0.29) is 23.5 Å². The van der Waals surface area contributed by atoms with Crippen LogP contribution in [0.5, 0.6) is 0 Å². The quantitative estimate of drug-likeness (QED) is 0.808. The molecule has 1 fully saturated rings. The fourth-order valence-corrected chi connectivity index (χ4v) is 5.03. The summed E-state index contributed by atoms with van der Waals surface area (Å²) in [6, 6.07) is 7.90. The number of aryl methyl sites for hydroxylation is 1. The van der Waals surface area contributed by atoms with Crippen molar-refractivity contribution < 1.29 is 17.9 Å². The molecule has 1 atom stereocenters. The number of rotatable bonds is 7. The van der Waals surface area contributed by atoms with Crippen molar-refractivity contribution in [1.29, 1.82) is 0 Å². The number of benzene rings is 1. The first-order valence-electron chi connectivity index (χ1n) is 8.54. The van der Waals surface area contributed by atoms with Gasteiger partial charge in [-0.1, -0.05) is 18.2 Å². The molecular weight excluding hydrogens is 340 g/mol. The molecule has 6 nitrogen and oxygen atoms in total. The number of methoxy groups -OCH3 is 1. The lowest BCUT2D eigenvalue weighted by atomic mass is 10.1. The van der Waals surface area contributed by atoms with Gasteiger partial charge in [0.05, 0.1) is 18.1 Å².